The van der Waals surface area contributed by atoms with E-state index in [4.69, 9.17) is 0 Å². The van der Waals surface area contributed by atoms with E-state index in [-0.39, 0.29) is 18.1 Å². The van der Waals surface area contributed by atoms with Gasteiger partial charge in [-0.25, -0.2) is 0 Å². The van der Waals surface area contributed by atoms with E-state index >= 15 is 0 Å². The zero-order valence-corrected chi connectivity index (χ0v) is 7.25. The molecule has 0 aliphatic heterocycles. The molecule has 0 saturated carbocycles. The maximum absolute atomic E-state index is 10.5. The van der Waals surface area contributed by atoms with Gasteiger partial charge in [0.05, 0.1) is 22.0 Å². The monoisotopic (exact) mass is 199 g/mol. The Labute approximate surface area is 79.3 Å². The van der Waals surface area contributed by atoms with Crippen LogP contribution in [0.4, 0.5) is 5.69 Å². The smallest absolute Gasteiger partial charge is 0.278 e. The maximum atomic E-state index is 10.5. The molecular formula is C7H6ClN3O2. The summed E-state index contributed by atoms with van der Waals surface area (Å²) in [4.78, 5) is 10.1. The molecule has 0 radical (unpaired) electrons. The Balaban J connectivity index is 0.000000845. The molecule has 0 spiro atoms. The number of halogens is 1. The molecule has 0 atom stereocenters. The number of aromatic nitrogens is 2. The van der Waals surface area contributed by atoms with Crippen molar-refractivity contribution in [3.8, 4) is 0 Å². The molecule has 0 unspecified atom stereocenters. The summed E-state index contributed by atoms with van der Waals surface area (Å²) < 4.78 is 0. The van der Waals surface area contributed by atoms with Crippen LogP contribution in [0.5, 0.6) is 0 Å². The number of hydrogen-bond donors (Lipinski definition) is 1. The van der Waals surface area contributed by atoms with Crippen LogP contribution in [0.25, 0.3) is 10.9 Å². The fourth-order valence-electron chi connectivity index (χ4n) is 1.11. The highest BCUT2D eigenvalue weighted by Crippen LogP contribution is 2.22. The lowest BCUT2D eigenvalue weighted by atomic mass is 10.2. The minimum Gasteiger partial charge on any atom is -0.278 e. The quantitative estimate of drug-likeness (QED) is 0.563. The van der Waals surface area contributed by atoms with E-state index in [1.807, 2.05) is 0 Å². The average Bonchev–Trinajstić information content (AvgIpc) is 2.49. The number of benzene rings is 1. The van der Waals surface area contributed by atoms with Crippen LogP contribution in [0.2, 0.25) is 0 Å². The molecule has 2 aromatic rings. The second kappa shape index (κ2) is 3.40. The van der Waals surface area contributed by atoms with E-state index in [0.717, 1.165) is 0 Å². The van der Waals surface area contributed by atoms with Gasteiger partial charge in [0.15, 0.2) is 0 Å². The number of hydrogen-bond acceptors (Lipinski definition) is 3. The van der Waals surface area contributed by atoms with Crippen molar-refractivity contribution >= 4 is 29.0 Å². The van der Waals surface area contributed by atoms with Gasteiger partial charge in [-0.3, -0.25) is 15.2 Å². The van der Waals surface area contributed by atoms with Gasteiger partial charge in [0.2, 0.25) is 0 Å². The van der Waals surface area contributed by atoms with Gasteiger partial charge in [0.25, 0.3) is 5.69 Å². The molecule has 0 bridgehead atoms. The minimum atomic E-state index is -0.419. The fraction of sp³-hybridized carbons (Fsp3) is 0. The number of nitrogens with one attached hydrogen (secondary N) is 1. The first kappa shape index (κ1) is 9.47. The first-order valence-corrected chi connectivity index (χ1v) is 3.35. The van der Waals surface area contributed by atoms with Gasteiger partial charge in [-0.1, -0.05) is 6.07 Å². The lowest BCUT2D eigenvalue weighted by Gasteiger charge is -1.90. The lowest BCUT2D eigenvalue weighted by molar-refractivity contribution is -0.383. The zero-order chi connectivity index (χ0) is 8.55. The Morgan fingerprint density at radius 2 is 2.23 bits per heavy atom. The van der Waals surface area contributed by atoms with E-state index in [0.29, 0.717) is 10.9 Å². The molecular weight excluding hydrogens is 194 g/mol. The summed E-state index contributed by atoms with van der Waals surface area (Å²) in [6.45, 7) is 0. The van der Waals surface area contributed by atoms with Crippen molar-refractivity contribution in [3.63, 3.8) is 0 Å². The number of nitro benzene ring substituents is 1. The van der Waals surface area contributed by atoms with Crippen LogP contribution < -0.4 is 0 Å². The fourth-order valence-corrected chi connectivity index (χ4v) is 1.11. The normalized spacial score (nSPS) is 9.54. The molecule has 1 aromatic carbocycles. The zero-order valence-electron chi connectivity index (χ0n) is 6.43. The van der Waals surface area contributed by atoms with Crippen LogP contribution in [0.3, 0.4) is 0 Å². The van der Waals surface area contributed by atoms with E-state index in [1.54, 1.807) is 12.1 Å². The van der Waals surface area contributed by atoms with Crippen molar-refractivity contribution in [1.82, 2.24) is 10.2 Å². The number of rotatable bonds is 1. The third-order valence-electron chi connectivity index (χ3n) is 1.66. The third-order valence-corrected chi connectivity index (χ3v) is 1.66. The first-order chi connectivity index (χ1) is 5.79. The standard InChI is InChI=1S/C7H5N3O2.ClH/c11-10(12)7-3-1-2-6-5(7)4-8-9-6;/h1-4H,(H,8,9);1H. The molecule has 1 aromatic heterocycles. The molecule has 68 valence electrons. The van der Waals surface area contributed by atoms with Crippen LogP contribution in [0.1, 0.15) is 0 Å². The first-order valence-electron chi connectivity index (χ1n) is 3.35. The maximum Gasteiger partial charge on any atom is 0.280 e. The lowest BCUT2D eigenvalue weighted by Crippen LogP contribution is -1.87. The Morgan fingerprint density at radius 3 is 2.92 bits per heavy atom. The molecule has 1 N–H and O–H groups in total. The van der Waals surface area contributed by atoms with Gasteiger partial charge in [0, 0.05) is 6.07 Å². The summed E-state index contributed by atoms with van der Waals surface area (Å²) in [5.41, 5.74) is 0.769. The molecule has 0 fully saturated rings. The number of nitro groups is 1. The second-order valence-corrected chi connectivity index (χ2v) is 2.37. The van der Waals surface area contributed by atoms with Gasteiger partial charge in [0.1, 0.15) is 0 Å². The van der Waals surface area contributed by atoms with Crippen LogP contribution in [0.15, 0.2) is 24.4 Å². The van der Waals surface area contributed by atoms with Gasteiger partial charge in [-0.2, -0.15) is 5.10 Å². The summed E-state index contributed by atoms with van der Waals surface area (Å²) in [7, 11) is 0. The Kier molecular flexibility index (Phi) is 2.48. The van der Waals surface area contributed by atoms with Crippen molar-refractivity contribution in [1.29, 1.82) is 0 Å². The van der Waals surface area contributed by atoms with Crippen LogP contribution >= 0.6 is 12.4 Å². The molecule has 5 nitrogen and oxygen atoms in total. The molecule has 0 saturated heterocycles. The van der Waals surface area contributed by atoms with Crippen LogP contribution in [0, 0.1) is 10.1 Å². The summed E-state index contributed by atoms with van der Waals surface area (Å²) in [6.07, 6.45) is 1.45. The highest BCUT2D eigenvalue weighted by atomic mass is 35.5. The minimum absolute atomic E-state index is 0. The van der Waals surface area contributed by atoms with E-state index in [1.165, 1.54) is 12.3 Å². The number of aromatic amines is 1. The van der Waals surface area contributed by atoms with Crippen molar-refractivity contribution in [2.75, 3.05) is 0 Å². The largest absolute Gasteiger partial charge is 0.280 e. The average molecular weight is 200 g/mol. The SMILES string of the molecule is Cl.O=[N+]([O-])c1cccc2[nH]ncc12. The molecule has 0 amide bonds. The van der Waals surface area contributed by atoms with Crippen molar-refractivity contribution in [3.05, 3.63) is 34.5 Å². The van der Waals surface area contributed by atoms with Gasteiger partial charge < -0.3 is 0 Å². The molecule has 2 rings (SSSR count). The van der Waals surface area contributed by atoms with E-state index in [9.17, 15) is 10.1 Å². The topological polar surface area (TPSA) is 71.8 Å². The Bertz CT molecular complexity index is 440. The predicted octanol–water partition coefficient (Wildman–Crippen LogP) is 1.89. The highest BCUT2D eigenvalue weighted by Gasteiger charge is 2.11. The van der Waals surface area contributed by atoms with Crippen LogP contribution in [-0.2, 0) is 0 Å². The molecule has 6 heteroatoms. The summed E-state index contributed by atoms with van der Waals surface area (Å²) in [6, 6.07) is 4.83. The Morgan fingerprint density at radius 1 is 1.46 bits per heavy atom. The van der Waals surface area contributed by atoms with Crippen molar-refractivity contribution < 1.29 is 4.92 Å². The van der Waals surface area contributed by atoms with E-state index in [2.05, 4.69) is 10.2 Å². The second-order valence-electron chi connectivity index (χ2n) is 2.37. The number of fused-ring (bicyclic) bond motifs is 1. The predicted molar refractivity (Wildman–Crippen MR) is 50.0 cm³/mol. The summed E-state index contributed by atoms with van der Waals surface area (Å²) in [5, 5.41) is 17.4. The van der Waals surface area contributed by atoms with Gasteiger partial charge in [-0.15, -0.1) is 12.4 Å². The van der Waals surface area contributed by atoms with Crippen LogP contribution in [-0.4, -0.2) is 15.1 Å². The number of H-pyrrole nitrogens is 1. The highest BCUT2D eigenvalue weighted by molar-refractivity contribution is 5.87. The van der Waals surface area contributed by atoms with E-state index < -0.39 is 4.92 Å². The molecule has 0 aliphatic carbocycles. The summed E-state index contributed by atoms with van der Waals surface area (Å²) in [5.74, 6) is 0. The third kappa shape index (κ3) is 1.46. The van der Waals surface area contributed by atoms with Gasteiger partial charge >= 0.3 is 0 Å². The number of non-ortho nitro benzene ring substituents is 1. The molecule has 1 heterocycles. The Hall–Kier alpha value is -1.62. The summed E-state index contributed by atoms with van der Waals surface area (Å²) >= 11 is 0. The van der Waals surface area contributed by atoms with Gasteiger partial charge in [-0.05, 0) is 6.07 Å². The number of nitrogens with zero attached hydrogens (tertiary/aromatic N) is 2. The molecule has 0 aliphatic rings. The van der Waals surface area contributed by atoms with Crippen molar-refractivity contribution in [2.45, 2.75) is 0 Å². The molecule has 13 heavy (non-hydrogen) atoms. The van der Waals surface area contributed by atoms with Crippen molar-refractivity contribution in [2.24, 2.45) is 0 Å².